The lowest BCUT2D eigenvalue weighted by atomic mass is 10.1. The number of thioether (sulfide) groups is 1. The van der Waals surface area contributed by atoms with Crippen LogP contribution in [0.1, 0.15) is 31.7 Å². The van der Waals surface area contributed by atoms with E-state index in [0.29, 0.717) is 4.91 Å². The lowest BCUT2D eigenvalue weighted by Crippen LogP contribution is -2.34. The molecule has 1 aromatic carbocycles. The average Bonchev–Trinajstić information content (AvgIpc) is 2.91. The molecule has 2 amide bonds. The molecule has 7 heteroatoms. The number of anilines is 1. The highest BCUT2D eigenvalue weighted by Gasteiger charge is 2.36. The van der Waals surface area contributed by atoms with Gasteiger partial charge in [0.15, 0.2) is 0 Å². The van der Waals surface area contributed by atoms with Gasteiger partial charge in [-0.3, -0.25) is 19.3 Å². The minimum Gasteiger partial charge on any atom is -0.465 e. The van der Waals surface area contributed by atoms with Crippen molar-refractivity contribution >= 4 is 40.6 Å². The van der Waals surface area contributed by atoms with E-state index in [-0.39, 0.29) is 13.2 Å². The third-order valence-electron chi connectivity index (χ3n) is 4.38. The predicted octanol–water partition coefficient (Wildman–Crippen LogP) is 3.28. The van der Waals surface area contributed by atoms with Gasteiger partial charge in [0.05, 0.1) is 11.5 Å². The third kappa shape index (κ3) is 4.27. The Morgan fingerprint density at radius 1 is 1.15 bits per heavy atom. The molecule has 138 valence electrons. The molecule has 3 rings (SSSR count). The average molecular weight is 374 g/mol. The number of hydrogen-bond donors (Lipinski definition) is 0. The first kappa shape index (κ1) is 18.5. The van der Waals surface area contributed by atoms with E-state index in [1.807, 2.05) is 24.3 Å². The van der Waals surface area contributed by atoms with Crippen LogP contribution in [-0.4, -0.2) is 48.3 Å². The molecular weight excluding hydrogens is 352 g/mol. The molecular formula is C19H22N2O4S. The summed E-state index contributed by atoms with van der Waals surface area (Å²) in [5.74, 6) is -1.03. The van der Waals surface area contributed by atoms with Crippen LogP contribution in [0.4, 0.5) is 10.5 Å². The Hall–Kier alpha value is -2.28. The van der Waals surface area contributed by atoms with Crippen molar-refractivity contribution in [1.82, 2.24) is 4.90 Å². The number of amides is 2. The maximum Gasteiger partial charge on any atom is 0.326 e. The molecule has 0 radical (unpaired) electrons. The summed E-state index contributed by atoms with van der Waals surface area (Å²) in [4.78, 5) is 39.5. The van der Waals surface area contributed by atoms with E-state index >= 15 is 0 Å². The van der Waals surface area contributed by atoms with Gasteiger partial charge in [0.1, 0.15) is 6.54 Å². The maximum absolute atomic E-state index is 12.4. The maximum atomic E-state index is 12.4. The van der Waals surface area contributed by atoms with Gasteiger partial charge in [0.2, 0.25) is 0 Å². The van der Waals surface area contributed by atoms with E-state index in [1.165, 1.54) is 24.9 Å². The largest absolute Gasteiger partial charge is 0.465 e. The number of imide groups is 1. The smallest absolute Gasteiger partial charge is 0.326 e. The first-order valence-electron chi connectivity index (χ1n) is 8.84. The van der Waals surface area contributed by atoms with Gasteiger partial charge in [-0.15, -0.1) is 0 Å². The molecule has 0 spiro atoms. The monoisotopic (exact) mass is 374 g/mol. The van der Waals surface area contributed by atoms with Crippen molar-refractivity contribution in [2.75, 3.05) is 31.1 Å². The summed E-state index contributed by atoms with van der Waals surface area (Å²) in [5.41, 5.74) is 2.03. The lowest BCUT2D eigenvalue weighted by molar-refractivity contribution is -0.145. The van der Waals surface area contributed by atoms with Crippen molar-refractivity contribution in [3.8, 4) is 0 Å². The van der Waals surface area contributed by atoms with Crippen LogP contribution in [0.15, 0.2) is 29.2 Å². The van der Waals surface area contributed by atoms with Gasteiger partial charge in [0, 0.05) is 18.8 Å². The van der Waals surface area contributed by atoms with Crippen molar-refractivity contribution in [2.24, 2.45) is 0 Å². The third-order valence-corrected chi connectivity index (χ3v) is 5.29. The molecule has 2 aliphatic rings. The fraction of sp³-hybridized carbons (Fsp3) is 0.421. The van der Waals surface area contributed by atoms with E-state index < -0.39 is 17.1 Å². The van der Waals surface area contributed by atoms with Crippen LogP contribution in [0.5, 0.6) is 0 Å². The van der Waals surface area contributed by atoms with Gasteiger partial charge < -0.3 is 9.64 Å². The molecule has 26 heavy (non-hydrogen) atoms. The second-order valence-electron chi connectivity index (χ2n) is 6.21. The van der Waals surface area contributed by atoms with Gasteiger partial charge in [-0.25, -0.2) is 0 Å². The quantitative estimate of drug-likeness (QED) is 0.582. The predicted molar refractivity (Wildman–Crippen MR) is 102 cm³/mol. The molecule has 0 unspecified atom stereocenters. The lowest BCUT2D eigenvalue weighted by Gasteiger charge is -2.28. The summed E-state index contributed by atoms with van der Waals surface area (Å²) < 4.78 is 4.81. The minimum atomic E-state index is -0.582. The first-order valence-corrected chi connectivity index (χ1v) is 9.66. The van der Waals surface area contributed by atoms with E-state index in [1.54, 1.807) is 13.0 Å². The number of carbonyl (C=O) groups excluding carboxylic acids is 3. The molecule has 0 aromatic heterocycles. The van der Waals surface area contributed by atoms with E-state index in [2.05, 4.69) is 4.90 Å². The number of esters is 1. The van der Waals surface area contributed by atoms with Crippen molar-refractivity contribution < 1.29 is 19.1 Å². The van der Waals surface area contributed by atoms with Crippen molar-refractivity contribution in [1.29, 1.82) is 0 Å². The Bertz CT molecular complexity index is 724. The molecule has 0 bridgehead atoms. The van der Waals surface area contributed by atoms with Gasteiger partial charge in [-0.05, 0) is 61.7 Å². The number of ether oxygens (including phenoxy) is 1. The topological polar surface area (TPSA) is 66.9 Å². The summed E-state index contributed by atoms with van der Waals surface area (Å²) in [7, 11) is 0. The highest BCUT2D eigenvalue weighted by molar-refractivity contribution is 8.18. The van der Waals surface area contributed by atoms with Gasteiger partial charge in [-0.2, -0.15) is 0 Å². The SMILES string of the molecule is CCOC(=O)CN1C(=O)S/C(=C\c2ccc(N3CCCCC3)cc2)C1=O. The van der Waals surface area contributed by atoms with Gasteiger partial charge in [-0.1, -0.05) is 12.1 Å². The molecule has 1 aromatic rings. The molecule has 2 aliphatic heterocycles. The van der Waals surface area contributed by atoms with E-state index in [9.17, 15) is 14.4 Å². The number of hydrogen-bond acceptors (Lipinski definition) is 6. The zero-order valence-corrected chi connectivity index (χ0v) is 15.6. The molecule has 0 atom stereocenters. The molecule has 2 heterocycles. The molecule has 6 nitrogen and oxygen atoms in total. The van der Waals surface area contributed by atoms with Crippen LogP contribution in [0, 0.1) is 0 Å². The van der Waals surface area contributed by atoms with Gasteiger partial charge in [0.25, 0.3) is 11.1 Å². The molecule has 2 fully saturated rings. The number of benzene rings is 1. The van der Waals surface area contributed by atoms with E-state index in [0.717, 1.165) is 35.3 Å². The summed E-state index contributed by atoms with van der Waals surface area (Å²) in [6, 6.07) is 7.98. The Kier molecular flexibility index (Phi) is 5.98. The minimum absolute atomic E-state index is 0.217. The second kappa shape index (κ2) is 8.40. The standard InChI is InChI=1S/C19H22N2O4S/c1-2-25-17(22)13-21-18(23)16(26-19(21)24)12-14-6-8-15(9-7-14)20-10-4-3-5-11-20/h6-9,12H,2-5,10-11,13H2,1H3/b16-12-. The van der Waals surface area contributed by atoms with Crippen molar-refractivity contribution in [3.05, 3.63) is 34.7 Å². The Balaban J connectivity index is 1.68. The highest BCUT2D eigenvalue weighted by Crippen LogP contribution is 2.32. The second-order valence-corrected chi connectivity index (χ2v) is 7.21. The Morgan fingerprint density at radius 3 is 2.50 bits per heavy atom. The van der Waals surface area contributed by atoms with Crippen molar-refractivity contribution in [2.45, 2.75) is 26.2 Å². The van der Waals surface area contributed by atoms with Crippen LogP contribution in [0.25, 0.3) is 6.08 Å². The molecule has 0 aliphatic carbocycles. The first-order chi connectivity index (χ1) is 12.6. The number of nitrogens with zero attached hydrogens (tertiary/aromatic N) is 2. The normalized spacial score (nSPS) is 19.3. The zero-order chi connectivity index (χ0) is 18.5. The van der Waals surface area contributed by atoms with E-state index in [4.69, 9.17) is 4.74 Å². The number of carbonyl (C=O) groups is 3. The van der Waals surface area contributed by atoms with Crippen LogP contribution < -0.4 is 4.90 Å². The highest BCUT2D eigenvalue weighted by atomic mass is 32.2. The molecule has 2 saturated heterocycles. The van der Waals surface area contributed by atoms with Crippen molar-refractivity contribution in [3.63, 3.8) is 0 Å². The molecule has 0 saturated carbocycles. The number of rotatable bonds is 5. The summed E-state index contributed by atoms with van der Waals surface area (Å²) in [6.45, 7) is 3.70. The summed E-state index contributed by atoms with van der Waals surface area (Å²) >= 11 is 0.849. The Morgan fingerprint density at radius 2 is 1.85 bits per heavy atom. The fourth-order valence-corrected chi connectivity index (χ4v) is 3.90. The fourth-order valence-electron chi connectivity index (χ4n) is 3.06. The zero-order valence-electron chi connectivity index (χ0n) is 14.8. The summed E-state index contributed by atoms with van der Waals surface area (Å²) in [6.07, 6.45) is 5.41. The van der Waals surface area contributed by atoms with Gasteiger partial charge >= 0.3 is 5.97 Å². The number of piperidine rings is 1. The van der Waals surface area contributed by atoms with Crippen LogP contribution in [-0.2, 0) is 14.3 Å². The summed E-state index contributed by atoms with van der Waals surface area (Å²) in [5, 5.41) is -0.445. The Labute approximate surface area is 157 Å². The molecule has 0 N–H and O–H groups in total. The van der Waals surface area contributed by atoms with Crippen LogP contribution in [0.3, 0.4) is 0 Å². The van der Waals surface area contributed by atoms with Crippen LogP contribution in [0.2, 0.25) is 0 Å². The van der Waals surface area contributed by atoms with Crippen LogP contribution >= 0.6 is 11.8 Å².